The quantitative estimate of drug-likeness (QED) is 0.543. The first kappa shape index (κ1) is 15.5. The molecule has 0 fully saturated rings. The van der Waals surface area contributed by atoms with Gasteiger partial charge in [-0.2, -0.15) is 0 Å². The highest BCUT2D eigenvalue weighted by atomic mass is 32.2. The maximum Gasteiger partial charge on any atom is 0.162 e. The molecule has 112 valence electrons. The number of thioether (sulfide) groups is 1. The maximum atomic E-state index is 5.58. The van der Waals surface area contributed by atoms with Crippen molar-refractivity contribution in [2.75, 3.05) is 32.2 Å². The first-order chi connectivity index (χ1) is 9.83. The van der Waals surface area contributed by atoms with Gasteiger partial charge in [-0.1, -0.05) is 0 Å². The lowest BCUT2D eigenvalue weighted by atomic mass is 10.3. The van der Waals surface area contributed by atoms with Crippen LogP contribution in [-0.4, -0.2) is 38.5 Å². The van der Waals surface area contributed by atoms with Crippen LogP contribution in [-0.2, 0) is 9.47 Å². The van der Waals surface area contributed by atoms with E-state index in [0.29, 0.717) is 26.4 Å². The van der Waals surface area contributed by atoms with Gasteiger partial charge < -0.3 is 18.9 Å². The summed E-state index contributed by atoms with van der Waals surface area (Å²) in [4.78, 5) is 1.18. The Bertz CT molecular complexity index is 405. The molecule has 1 aliphatic heterocycles. The van der Waals surface area contributed by atoms with Crippen LogP contribution in [0, 0.1) is 0 Å². The van der Waals surface area contributed by atoms with Crippen LogP contribution < -0.4 is 9.47 Å². The third-order valence-electron chi connectivity index (χ3n) is 2.84. The lowest BCUT2D eigenvalue weighted by Crippen LogP contribution is -2.18. The summed E-state index contributed by atoms with van der Waals surface area (Å²) >= 11 is 1.78. The van der Waals surface area contributed by atoms with E-state index in [1.165, 1.54) is 4.90 Å². The molecule has 0 bridgehead atoms. The molecule has 1 aromatic carbocycles. The predicted molar refractivity (Wildman–Crippen MR) is 79.8 cm³/mol. The molecule has 4 nitrogen and oxygen atoms in total. The maximum absolute atomic E-state index is 5.58. The number of ether oxygens (including phenoxy) is 4. The summed E-state index contributed by atoms with van der Waals surface area (Å²) in [6, 6.07) is 6.07. The van der Waals surface area contributed by atoms with Crippen molar-refractivity contribution < 1.29 is 18.9 Å². The van der Waals surface area contributed by atoms with Crippen LogP contribution in [0.3, 0.4) is 0 Å². The van der Waals surface area contributed by atoms with Crippen molar-refractivity contribution in [2.45, 2.75) is 31.5 Å². The van der Waals surface area contributed by atoms with Gasteiger partial charge >= 0.3 is 0 Å². The van der Waals surface area contributed by atoms with E-state index in [-0.39, 0.29) is 6.29 Å². The van der Waals surface area contributed by atoms with Crippen LogP contribution in [0.5, 0.6) is 11.5 Å². The van der Waals surface area contributed by atoms with Crippen LogP contribution in [0.15, 0.2) is 23.1 Å². The fourth-order valence-electron chi connectivity index (χ4n) is 1.97. The molecule has 0 radical (unpaired) electrons. The van der Waals surface area contributed by atoms with Crippen LogP contribution in [0.2, 0.25) is 0 Å². The van der Waals surface area contributed by atoms with E-state index >= 15 is 0 Å². The van der Waals surface area contributed by atoms with Crippen molar-refractivity contribution in [2.24, 2.45) is 0 Å². The van der Waals surface area contributed by atoms with Gasteiger partial charge in [0, 0.05) is 30.3 Å². The lowest BCUT2D eigenvalue weighted by Gasteiger charge is -2.19. The molecule has 0 unspecified atom stereocenters. The normalized spacial score (nSPS) is 13.8. The molecule has 2 rings (SSSR count). The zero-order valence-electron chi connectivity index (χ0n) is 12.1. The smallest absolute Gasteiger partial charge is 0.162 e. The monoisotopic (exact) mass is 298 g/mol. The first-order valence-electron chi connectivity index (χ1n) is 7.09. The number of benzene rings is 1. The topological polar surface area (TPSA) is 36.9 Å². The molecule has 20 heavy (non-hydrogen) atoms. The summed E-state index contributed by atoms with van der Waals surface area (Å²) in [5.41, 5.74) is 0. The van der Waals surface area contributed by atoms with Gasteiger partial charge in [-0.15, -0.1) is 11.8 Å². The molecule has 5 heteroatoms. The fraction of sp³-hybridized carbons (Fsp3) is 0.600. The van der Waals surface area contributed by atoms with E-state index in [1.54, 1.807) is 11.8 Å². The summed E-state index contributed by atoms with van der Waals surface area (Å²) in [5.74, 6) is 2.62. The van der Waals surface area contributed by atoms with E-state index in [9.17, 15) is 0 Å². The molecular weight excluding hydrogens is 276 g/mol. The Labute approximate surface area is 124 Å². The molecule has 0 saturated carbocycles. The van der Waals surface area contributed by atoms with Gasteiger partial charge in [-0.25, -0.2) is 0 Å². The molecule has 0 aliphatic carbocycles. The molecule has 1 heterocycles. The highest BCUT2D eigenvalue weighted by Gasteiger charge is 2.12. The van der Waals surface area contributed by atoms with Gasteiger partial charge in [0.05, 0.1) is 0 Å². The Balaban J connectivity index is 1.81. The van der Waals surface area contributed by atoms with Crippen LogP contribution in [0.4, 0.5) is 0 Å². The highest BCUT2D eigenvalue weighted by molar-refractivity contribution is 7.99. The molecule has 0 saturated heterocycles. The number of rotatable bonds is 8. The Morgan fingerprint density at radius 2 is 1.80 bits per heavy atom. The largest absolute Gasteiger partial charge is 0.486 e. The zero-order valence-corrected chi connectivity index (χ0v) is 12.9. The minimum atomic E-state index is -0.102. The second kappa shape index (κ2) is 8.39. The summed E-state index contributed by atoms with van der Waals surface area (Å²) < 4.78 is 22.2. The summed E-state index contributed by atoms with van der Waals surface area (Å²) in [6.07, 6.45) is 0.774. The van der Waals surface area contributed by atoms with Gasteiger partial charge in [0.2, 0.25) is 0 Å². The Hall–Kier alpha value is -0.910. The average molecular weight is 298 g/mol. The van der Waals surface area contributed by atoms with Crippen LogP contribution in [0.25, 0.3) is 0 Å². The second-order valence-electron chi connectivity index (χ2n) is 4.28. The average Bonchev–Trinajstić information content (AvgIpc) is 2.47. The molecule has 0 N–H and O–H groups in total. The molecule has 1 aromatic rings. The second-order valence-corrected chi connectivity index (χ2v) is 5.45. The summed E-state index contributed by atoms with van der Waals surface area (Å²) in [6.45, 7) is 6.58. The summed E-state index contributed by atoms with van der Waals surface area (Å²) in [5, 5.41) is 0. The van der Waals surface area contributed by atoms with Crippen LogP contribution >= 0.6 is 11.8 Å². The van der Waals surface area contributed by atoms with Crippen molar-refractivity contribution in [3.05, 3.63) is 18.2 Å². The van der Waals surface area contributed by atoms with Gasteiger partial charge in [0.1, 0.15) is 13.2 Å². The van der Waals surface area contributed by atoms with Crippen LogP contribution in [0.1, 0.15) is 20.3 Å². The van der Waals surface area contributed by atoms with E-state index in [4.69, 9.17) is 18.9 Å². The van der Waals surface area contributed by atoms with Crippen molar-refractivity contribution in [3.63, 3.8) is 0 Å². The van der Waals surface area contributed by atoms with Gasteiger partial charge in [-0.3, -0.25) is 0 Å². The highest BCUT2D eigenvalue weighted by Crippen LogP contribution is 2.34. The third-order valence-corrected chi connectivity index (χ3v) is 3.87. The van der Waals surface area contributed by atoms with E-state index in [2.05, 4.69) is 6.07 Å². The Kier molecular flexibility index (Phi) is 6.50. The van der Waals surface area contributed by atoms with Gasteiger partial charge in [0.25, 0.3) is 0 Å². The number of hydrogen-bond donors (Lipinski definition) is 0. The first-order valence-corrected chi connectivity index (χ1v) is 8.07. The minimum absolute atomic E-state index is 0.102. The Morgan fingerprint density at radius 1 is 1.10 bits per heavy atom. The Morgan fingerprint density at radius 3 is 2.50 bits per heavy atom. The lowest BCUT2D eigenvalue weighted by molar-refractivity contribution is -0.136. The van der Waals surface area contributed by atoms with E-state index in [0.717, 1.165) is 23.7 Å². The summed E-state index contributed by atoms with van der Waals surface area (Å²) in [7, 11) is 0. The molecule has 1 aliphatic rings. The van der Waals surface area contributed by atoms with Gasteiger partial charge in [0.15, 0.2) is 17.8 Å². The number of fused-ring (bicyclic) bond motifs is 1. The van der Waals surface area contributed by atoms with Gasteiger partial charge in [-0.05, 0) is 32.0 Å². The van der Waals surface area contributed by atoms with E-state index < -0.39 is 0 Å². The number of hydrogen-bond acceptors (Lipinski definition) is 5. The van der Waals surface area contributed by atoms with Crippen molar-refractivity contribution in [1.29, 1.82) is 0 Å². The molecule has 0 atom stereocenters. The minimum Gasteiger partial charge on any atom is -0.486 e. The SMILES string of the molecule is CCOC(CCSc1ccc2c(c1)OCCO2)OCC. The predicted octanol–water partition coefficient (Wildman–Crippen LogP) is 3.34. The van der Waals surface area contributed by atoms with E-state index in [1.807, 2.05) is 26.0 Å². The third kappa shape index (κ3) is 4.58. The standard InChI is InChI=1S/C15H22O4S/c1-3-16-15(17-4-2)7-10-20-12-5-6-13-14(11-12)19-9-8-18-13/h5-6,11,15H,3-4,7-10H2,1-2H3. The van der Waals surface area contributed by atoms with Crippen molar-refractivity contribution in [3.8, 4) is 11.5 Å². The molecule has 0 spiro atoms. The van der Waals surface area contributed by atoms with Crippen molar-refractivity contribution >= 4 is 11.8 Å². The molecule has 0 amide bonds. The molecule has 0 aromatic heterocycles. The van der Waals surface area contributed by atoms with Crippen molar-refractivity contribution in [1.82, 2.24) is 0 Å². The fourth-order valence-corrected chi connectivity index (χ4v) is 2.87. The zero-order chi connectivity index (χ0) is 14.2. The molecular formula is C15H22O4S.